The Morgan fingerprint density at radius 1 is 0.391 bits per heavy atom. The lowest BCUT2D eigenvalue weighted by atomic mass is 9.68. The van der Waals surface area contributed by atoms with Crippen molar-refractivity contribution in [3.8, 4) is 0 Å². The maximum atomic E-state index is 13.5. The smallest absolute Gasteiger partial charge is 0.309 e. The number of carbonyl (C=O) groups excluding carboxylic acids is 4. The Kier molecular flexibility index (Phi) is 21.9. The van der Waals surface area contributed by atoms with E-state index < -0.39 is 47.5 Å². The maximum Gasteiger partial charge on any atom is 0.309 e. The van der Waals surface area contributed by atoms with Crippen molar-refractivity contribution >= 4 is 23.9 Å². The van der Waals surface area contributed by atoms with Crippen molar-refractivity contribution < 1.29 is 38.1 Å². The van der Waals surface area contributed by atoms with Gasteiger partial charge in [0.25, 0.3) is 0 Å². The number of carbonyl (C=O) groups is 4. The van der Waals surface area contributed by atoms with Gasteiger partial charge in [-0.1, -0.05) is 81.1 Å². The third-order valence-corrected chi connectivity index (χ3v) is 8.88. The highest BCUT2D eigenvalue weighted by Gasteiger charge is 2.51. The zero-order chi connectivity index (χ0) is 34.5. The van der Waals surface area contributed by atoms with Crippen molar-refractivity contribution in [3.05, 3.63) is 0 Å². The first-order chi connectivity index (χ1) is 21.8. The molecule has 4 unspecified atom stereocenters. The van der Waals surface area contributed by atoms with Gasteiger partial charge in [0.1, 0.15) is 0 Å². The van der Waals surface area contributed by atoms with Crippen molar-refractivity contribution in [2.45, 2.75) is 145 Å². The summed E-state index contributed by atoms with van der Waals surface area (Å²) in [6, 6.07) is 0. The first-order valence-corrected chi connectivity index (χ1v) is 18.5. The first-order valence-electron chi connectivity index (χ1n) is 18.5. The average Bonchev–Trinajstić information content (AvgIpc) is 2.98. The minimum Gasteiger partial charge on any atom is -0.465 e. The molecule has 0 N–H and O–H groups in total. The monoisotopic (exact) mass is 652 g/mol. The second kappa shape index (κ2) is 24.1. The quantitative estimate of drug-likeness (QED) is 0.0579. The van der Waals surface area contributed by atoms with E-state index in [0.717, 1.165) is 77.0 Å². The second-order valence-electron chi connectivity index (χ2n) is 15.1. The standard InChI is InChI=1S/C38H68O8/c1-27(2)17-9-13-21-43-35(39)31-25-33(37(41)45-23-15-11-19-29(5)6)34(38(42)46-24-16-12-20-30(7)8)26-32(31)36(40)44-22-14-10-18-28(3)4/h27-34H,9-26H2,1-8H3. The van der Waals surface area contributed by atoms with Crippen LogP contribution in [-0.2, 0) is 38.1 Å². The van der Waals surface area contributed by atoms with Gasteiger partial charge in [-0.05, 0) is 87.9 Å². The Morgan fingerprint density at radius 2 is 0.587 bits per heavy atom. The molecule has 0 bridgehead atoms. The molecule has 0 spiro atoms. The number of unbranched alkanes of at least 4 members (excludes halogenated alkanes) is 4. The van der Waals surface area contributed by atoms with Gasteiger partial charge in [-0.2, -0.15) is 0 Å². The van der Waals surface area contributed by atoms with E-state index in [9.17, 15) is 19.2 Å². The van der Waals surface area contributed by atoms with E-state index >= 15 is 0 Å². The Balaban J connectivity index is 3.09. The fourth-order valence-corrected chi connectivity index (χ4v) is 5.98. The SMILES string of the molecule is CC(C)CCCCOC(=O)C1CC(C(=O)OCCCCC(C)C)C(C(=O)OCCCCC(C)C)CC1C(=O)OCCCCC(C)C. The van der Waals surface area contributed by atoms with Crippen molar-refractivity contribution in [1.29, 1.82) is 0 Å². The predicted molar refractivity (Wildman–Crippen MR) is 182 cm³/mol. The van der Waals surface area contributed by atoms with Crippen molar-refractivity contribution in [3.63, 3.8) is 0 Å². The van der Waals surface area contributed by atoms with E-state index in [4.69, 9.17) is 18.9 Å². The summed E-state index contributed by atoms with van der Waals surface area (Å²) < 4.78 is 22.7. The van der Waals surface area contributed by atoms with Crippen LogP contribution in [-0.4, -0.2) is 50.3 Å². The lowest BCUT2D eigenvalue weighted by Gasteiger charge is -2.37. The van der Waals surface area contributed by atoms with Crippen molar-refractivity contribution in [2.75, 3.05) is 26.4 Å². The minimum atomic E-state index is -0.887. The third kappa shape index (κ3) is 18.3. The van der Waals surface area contributed by atoms with Gasteiger partial charge in [0, 0.05) is 0 Å². The van der Waals surface area contributed by atoms with Crippen LogP contribution in [0.4, 0.5) is 0 Å². The highest BCUT2D eigenvalue weighted by molar-refractivity contribution is 5.87. The summed E-state index contributed by atoms with van der Waals surface area (Å²) >= 11 is 0. The highest BCUT2D eigenvalue weighted by Crippen LogP contribution is 2.41. The molecule has 8 nitrogen and oxygen atoms in total. The zero-order valence-corrected chi connectivity index (χ0v) is 30.6. The number of ether oxygens (including phenoxy) is 4. The van der Waals surface area contributed by atoms with E-state index in [-0.39, 0.29) is 39.3 Å². The summed E-state index contributed by atoms with van der Waals surface area (Å²) in [5, 5.41) is 0. The maximum absolute atomic E-state index is 13.5. The van der Waals surface area contributed by atoms with E-state index in [1.807, 2.05) is 0 Å². The molecule has 0 aromatic carbocycles. The van der Waals surface area contributed by atoms with E-state index in [1.54, 1.807) is 0 Å². The predicted octanol–water partition coefficient (Wildman–Crippen LogP) is 8.72. The molecule has 0 heterocycles. The molecule has 268 valence electrons. The summed E-state index contributed by atoms with van der Waals surface area (Å²) in [5.41, 5.74) is 0. The molecule has 0 aromatic heterocycles. The summed E-state index contributed by atoms with van der Waals surface area (Å²) in [7, 11) is 0. The number of hydrogen-bond donors (Lipinski definition) is 0. The van der Waals surface area contributed by atoms with Gasteiger partial charge in [0.15, 0.2) is 0 Å². The molecular weight excluding hydrogens is 584 g/mol. The highest BCUT2D eigenvalue weighted by atomic mass is 16.5. The van der Waals surface area contributed by atoms with Gasteiger partial charge in [-0.25, -0.2) is 0 Å². The van der Waals surface area contributed by atoms with Crippen LogP contribution >= 0.6 is 0 Å². The Hall–Kier alpha value is -2.12. The summed E-state index contributed by atoms with van der Waals surface area (Å²) in [6.45, 7) is 18.3. The molecule has 0 radical (unpaired) electrons. The molecule has 1 fully saturated rings. The number of rotatable bonds is 24. The van der Waals surface area contributed by atoms with Crippen LogP contribution in [0.2, 0.25) is 0 Å². The summed E-state index contributed by atoms with van der Waals surface area (Å²) in [4.78, 5) is 53.9. The topological polar surface area (TPSA) is 105 Å². The normalized spacial score (nSPS) is 19.9. The molecule has 1 saturated carbocycles. The molecule has 0 aromatic rings. The summed E-state index contributed by atoms with van der Waals surface area (Å²) in [6.07, 6.45) is 10.8. The van der Waals surface area contributed by atoms with E-state index in [0.29, 0.717) is 23.7 Å². The fourth-order valence-electron chi connectivity index (χ4n) is 5.98. The van der Waals surface area contributed by atoms with Crippen molar-refractivity contribution in [1.82, 2.24) is 0 Å². The lowest BCUT2D eigenvalue weighted by molar-refractivity contribution is -0.175. The lowest BCUT2D eigenvalue weighted by Crippen LogP contribution is -2.46. The van der Waals surface area contributed by atoms with Gasteiger partial charge in [-0.3, -0.25) is 19.2 Å². The van der Waals surface area contributed by atoms with Gasteiger partial charge >= 0.3 is 23.9 Å². The van der Waals surface area contributed by atoms with Crippen LogP contribution in [0.3, 0.4) is 0 Å². The molecule has 1 rings (SSSR count). The van der Waals surface area contributed by atoms with Gasteiger partial charge < -0.3 is 18.9 Å². The summed E-state index contributed by atoms with van der Waals surface area (Å²) in [5.74, 6) is -3.33. The molecule has 0 saturated heterocycles. The van der Waals surface area contributed by atoms with Gasteiger partial charge in [-0.15, -0.1) is 0 Å². The zero-order valence-electron chi connectivity index (χ0n) is 30.6. The van der Waals surface area contributed by atoms with E-state index in [1.165, 1.54) is 0 Å². The number of esters is 4. The second-order valence-corrected chi connectivity index (χ2v) is 15.1. The average molecular weight is 653 g/mol. The molecule has 1 aliphatic carbocycles. The molecule has 8 heteroatoms. The molecule has 1 aliphatic rings. The third-order valence-electron chi connectivity index (χ3n) is 8.88. The first kappa shape index (κ1) is 41.9. The minimum absolute atomic E-state index is 0.00408. The van der Waals surface area contributed by atoms with Gasteiger partial charge in [0.2, 0.25) is 0 Å². The molecule has 0 amide bonds. The van der Waals surface area contributed by atoms with Crippen LogP contribution in [0.15, 0.2) is 0 Å². The van der Waals surface area contributed by atoms with Crippen LogP contribution < -0.4 is 0 Å². The fraction of sp³-hybridized carbons (Fsp3) is 0.895. The van der Waals surface area contributed by atoms with Crippen LogP contribution in [0, 0.1) is 47.3 Å². The van der Waals surface area contributed by atoms with Gasteiger partial charge in [0.05, 0.1) is 50.1 Å². The molecule has 4 atom stereocenters. The van der Waals surface area contributed by atoms with E-state index in [2.05, 4.69) is 55.4 Å². The Bertz CT molecular complexity index is 727. The Morgan fingerprint density at radius 3 is 0.761 bits per heavy atom. The Labute approximate surface area is 280 Å². The van der Waals surface area contributed by atoms with Crippen LogP contribution in [0.25, 0.3) is 0 Å². The van der Waals surface area contributed by atoms with Crippen LogP contribution in [0.1, 0.15) is 145 Å². The molecular formula is C38H68O8. The largest absolute Gasteiger partial charge is 0.465 e. The molecule has 0 aliphatic heterocycles. The van der Waals surface area contributed by atoms with Crippen LogP contribution in [0.5, 0.6) is 0 Å². The number of hydrogen-bond acceptors (Lipinski definition) is 8. The molecule has 46 heavy (non-hydrogen) atoms. The van der Waals surface area contributed by atoms with Crippen molar-refractivity contribution in [2.24, 2.45) is 47.3 Å².